The van der Waals surface area contributed by atoms with Gasteiger partial charge in [0.05, 0.1) is 31.1 Å². The Hall–Kier alpha value is -3.73. The number of allylic oxidation sites excluding steroid dienone is 1. The molecule has 0 aromatic heterocycles. The Kier molecular flexibility index (Phi) is 5.78. The molecule has 2 unspecified atom stereocenters. The number of para-hydroxylation sites is 2. The van der Waals surface area contributed by atoms with Gasteiger partial charge in [0.1, 0.15) is 11.5 Å². The Balaban J connectivity index is 1.54. The third-order valence-corrected chi connectivity index (χ3v) is 6.42. The van der Waals surface area contributed by atoms with Crippen molar-refractivity contribution in [3.05, 3.63) is 95.2 Å². The molecule has 5 nitrogen and oxygen atoms in total. The molecule has 2 atom stereocenters. The molecule has 3 aromatic carbocycles. The summed E-state index contributed by atoms with van der Waals surface area (Å²) in [6.07, 6.45) is 1.26. The maximum atomic E-state index is 13.6. The first-order chi connectivity index (χ1) is 16.2. The van der Waals surface area contributed by atoms with Crippen LogP contribution in [0.5, 0.6) is 11.5 Å². The van der Waals surface area contributed by atoms with Crippen LogP contribution in [0, 0.1) is 0 Å². The van der Waals surface area contributed by atoms with Gasteiger partial charge in [-0.25, -0.2) is 0 Å². The van der Waals surface area contributed by atoms with Gasteiger partial charge in [0.15, 0.2) is 5.78 Å². The van der Waals surface area contributed by atoms with E-state index in [2.05, 4.69) is 28.8 Å². The lowest BCUT2D eigenvalue weighted by Crippen LogP contribution is -2.26. The Morgan fingerprint density at radius 3 is 2.21 bits per heavy atom. The average Bonchev–Trinajstić information content (AvgIpc) is 3.02. The van der Waals surface area contributed by atoms with Gasteiger partial charge in [-0.1, -0.05) is 36.4 Å². The van der Waals surface area contributed by atoms with Gasteiger partial charge in [0, 0.05) is 17.7 Å². The van der Waals surface area contributed by atoms with E-state index < -0.39 is 0 Å². The molecule has 3 aromatic rings. The summed E-state index contributed by atoms with van der Waals surface area (Å²) in [4.78, 5) is 13.6. The second-order valence-corrected chi connectivity index (χ2v) is 8.44. The number of anilines is 2. The van der Waals surface area contributed by atoms with Crippen molar-refractivity contribution < 1.29 is 14.3 Å². The van der Waals surface area contributed by atoms with Gasteiger partial charge in [-0.05, 0) is 66.8 Å². The highest BCUT2D eigenvalue weighted by molar-refractivity contribution is 6.01. The molecule has 0 amide bonds. The highest BCUT2D eigenvalue weighted by Crippen LogP contribution is 2.44. The van der Waals surface area contributed by atoms with E-state index in [1.165, 1.54) is 0 Å². The van der Waals surface area contributed by atoms with Crippen LogP contribution in [-0.4, -0.2) is 19.5 Å². The van der Waals surface area contributed by atoms with E-state index in [4.69, 9.17) is 9.47 Å². The Morgan fingerprint density at radius 2 is 1.52 bits per heavy atom. The monoisotopic (exact) mass is 440 g/mol. The Bertz CT molecular complexity index is 1180. The van der Waals surface area contributed by atoms with Crippen LogP contribution >= 0.6 is 0 Å². The molecule has 0 spiro atoms. The van der Waals surface area contributed by atoms with E-state index in [1.54, 1.807) is 7.11 Å². The average molecular weight is 441 g/mol. The standard InChI is InChI=1S/C28H28N2O3/c1-3-33-22-14-10-19(11-15-22)28-27-25(29-23-6-4-5-7-24(23)30-28)16-20(17-26(27)31)18-8-12-21(32-2)13-9-18/h4-15,20,28-30H,3,16-17H2,1-2H3. The molecule has 0 saturated heterocycles. The molecular formula is C28H28N2O3. The van der Waals surface area contributed by atoms with Crippen LogP contribution in [0.3, 0.4) is 0 Å². The lowest BCUT2D eigenvalue weighted by atomic mass is 9.78. The van der Waals surface area contributed by atoms with Crippen molar-refractivity contribution in [1.29, 1.82) is 0 Å². The maximum absolute atomic E-state index is 13.6. The van der Waals surface area contributed by atoms with Crippen LogP contribution < -0.4 is 20.1 Å². The van der Waals surface area contributed by atoms with E-state index in [-0.39, 0.29) is 17.7 Å². The fourth-order valence-corrected chi connectivity index (χ4v) is 4.78. The van der Waals surface area contributed by atoms with Crippen molar-refractivity contribution in [3.63, 3.8) is 0 Å². The second-order valence-electron chi connectivity index (χ2n) is 8.44. The molecule has 0 fully saturated rings. The van der Waals surface area contributed by atoms with Gasteiger partial charge in [0.2, 0.25) is 0 Å². The molecule has 1 aliphatic carbocycles. The number of carbonyl (C=O) groups is 1. The summed E-state index contributed by atoms with van der Waals surface area (Å²) < 4.78 is 10.9. The van der Waals surface area contributed by atoms with Crippen molar-refractivity contribution >= 4 is 17.2 Å². The minimum Gasteiger partial charge on any atom is -0.497 e. The molecule has 5 rings (SSSR count). The summed E-state index contributed by atoms with van der Waals surface area (Å²) in [5.74, 6) is 1.95. The lowest BCUT2D eigenvalue weighted by Gasteiger charge is -2.30. The molecule has 0 saturated carbocycles. The number of fused-ring (bicyclic) bond motifs is 1. The maximum Gasteiger partial charge on any atom is 0.163 e. The summed E-state index contributed by atoms with van der Waals surface area (Å²) in [7, 11) is 1.66. The predicted molar refractivity (Wildman–Crippen MR) is 131 cm³/mol. The van der Waals surface area contributed by atoms with Crippen molar-refractivity contribution in [2.75, 3.05) is 24.4 Å². The molecule has 33 heavy (non-hydrogen) atoms. The zero-order valence-corrected chi connectivity index (χ0v) is 18.9. The van der Waals surface area contributed by atoms with Gasteiger partial charge >= 0.3 is 0 Å². The number of ketones is 1. The van der Waals surface area contributed by atoms with E-state index >= 15 is 0 Å². The first-order valence-corrected chi connectivity index (χ1v) is 11.4. The number of ether oxygens (including phenoxy) is 2. The highest BCUT2D eigenvalue weighted by Gasteiger charge is 2.36. The number of benzene rings is 3. The SMILES string of the molecule is CCOc1ccc(C2Nc3ccccc3NC3=C2C(=O)CC(c2ccc(OC)cc2)C3)cc1. The zero-order valence-electron chi connectivity index (χ0n) is 18.9. The second kappa shape index (κ2) is 9.02. The van der Waals surface area contributed by atoms with Gasteiger partial charge in [0.25, 0.3) is 0 Å². The van der Waals surface area contributed by atoms with Crippen molar-refractivity contribution in [1.82, 2.24) is 0 Å². The molecule has 2 aliphatic rings. The Labute approximate surface area is 194 Å². The molecule has 168 valence electrons. The molecule has 2 N–H and O–H groups in total. The van der Waals surface area contributed by atoms with Crippen molar-refractivity contribution in [3.8, 4) is 11.5 Å². The third-order valence-electron chi connectivity index (χ3n) is 6.42. The van der Waals surface area contributed by atoms with Crippen LogP contribution in [0.15, 0.2) is 84.1 Å². The van der Waals surface area contributed by atoms with Gasteiger partial charge in [-0.15, -0.1) is 0 Å². The van der Waals surface area contributed by atoms with Crippen LogP contribution in [0.2, 0.25) is 0 Å². The topological polar surface area (TPSA) is 59.6 Å². The summed E-state index contributed by atoms with van der Waals surface area (Å²) in [6.45, 7) is 2.60. The van der Waals surface area contributed by atoms with E-state index in [9.17, 15) is 4.79 Å². The van der Waals surface area contributed by atoms with E-state index in [0.29, 0.717) is 13.0 Å². The normalized spacial score (nSPS) is 19.5. The molecule has 5 heteroatoms. The summed E-state index contributed by atoms with van der Waals surface area (Å²) in [5, 5.41) is 7.22. The van der Waals surface area contributed by atoms with Gasteiger partial charge in [-0.3, -0.25) is 4.79 Å². The fraction of sp³-hybridized carbons (Fsp3) is 0.250. The highest BCUT2D eigenvalue weighted by atomic mass is 16.5. The summed E-state index contributed by atoms with van der Waals surface area (Å²) in [6, 6.07) is 24.0. The van der Waals surface area contributed by atoms with E-state index in [0.717, 1.165) is 51.7 Å². The molecule has 1 heterocycles. The number of carbonyl (C=O) groups excluding carboxylic acids is 1. The number of hydrogen-bond donors (Lipinski definition) is 2. The van der Waals surface area contributed by atoms with Crippen LogP contribution in [-0.2, 0) is 4.79 Å². The summed E-state index contributed by atoms with van der Waals surface area (Å²) in [5.41, 5.74) is 5.98. The number of rotatable bonds is 5. The first-order valence-electron chi connectivity index (χ1n) is 11.4. The number of nitrogens with one attached hydrogen (secondary N) is 2. The fourth-order valence-electron chi connectivity index (χ4n) is 4.78. The third kappa shape index (κ3) is 4.19. The van der Waals surface area contributed by atoms with Gasteiger partial charge < -0.3 is 20.1 Å². The molecular weight excluding hydrogens is 412 g/mol. The molecule has 0 bridgehead atoms. The number of methoxy groups -OCH3 is 1. The van der Waals surface area contributed by atoms with Crippen LogP contribution in [0.25, 0.3) is 0 Å². The first kappa shape index (κ1) is 21.1. The molecule has 0 radical (unpaired) electrons. The van der Waals surface area contributed by atoms with E-state index in [1.807, 2.05) is 61.5 Å². The van der Waals surface area contributed by atoms with Crippen molar-refractivity contribution in [2.24, 2.45) is 0 Å². The number of hydrogen-bond acceptors (Lipinski definition) is 5. The minimum absolute atomic E-state index is 0.126. The van der Waals surface area contributed by atoms with Gasteiger partial charge in [-0.2, -0.15) is 0 Å². The molecule has 1 aliphatic heterocycles. The smallest absolute Gasteiger partial charge is 0.163 e. The number of Topliss-reactive ketones (excluding diaryl/α,β-unsaturated/α-hetero) is 1. The minimum atomic E-state index is -0.226. The predicted octanol–water partition coefficient (Wildman–Crippen LogP) is 6.07. The van der Waals surface area contributed by atoms with Crippen LogP contribution in [0.1, 0.15) is 42.9 Å². The zero-order chi connectivity index (χ0) is 22.8. The largest absolute Gasteiger partial charge is 0.497 e. The Morgan fingerprint density at radius 1 is 0.848 bits per heavy atom. The summed E-state index contributed by atoms with van der Waals surface area (Å²) >= 11 is 0. The van der Waals surface area contributed by atoms with Crippen molar-refractivity contribution in [2.45, 2.75) is 31.7 Å². The quantitative estimate of drug-likeness (QED) is 0.504. The lowest BCUT2D eigenvalue weighted by molar-refractivity contribution is -0.116. The van der Waals surface area contributed by atoms with Crippen LogP contribution in [0.4, 0.5) is 11.4 Å².